The summed E-state index contributed by atoms with van der Waals surface area (Å²) in [6.45, 7) is 2.97. The third-order valence-corrected chi connectivity index (χ3v) is 4.54. The van der Waals surface area contributed by atoms with Crippen LogP contribution in [0.3, 0.4) is 0 Å². The number of hydrogen-bond acceptors (Lipinski definition) is 2. The Morgan fingerprint density at radius 3 is 2.39 bits per heavy atom. The quantitative estimate of drug-likeness (QED) is 0.608. The van der Waals surface area contributed by atoms with Crippen LogP contribution in [0.25, 0.3) is 0 Å². The normalized spacial score (nSPS) is 10.6. The average Bonchev–Trinajstić information content (AvgIpc) is 2.72. The number of anilines is 1. The van der Waals surface area contributed by atoms with E-state index in [0.717, 1.165) is 24.1 Å². The highest BCUT2D eigenvalue weighted by Crippen LogP contribution is 2.17. The molecule has 5 heteroatoms. The third kappa shape index (κ3) is 4.74. The number of carbonyl (C=O) groups is 1. The molecule has 0 spiro atoms. The topological polar surface area (TPSA) is 42.3 Å². The van der Waals surface area contributed by atoms with Crippen LogP contribution < -0.4 is 10.5 Å². The Morgan fingerprint density at radius 1 is 1.00 bits per heavy atom. The van der Waals surface area contributed by atoms with Crippen molar-refractivity contribution in [2.75, 3.05) is 11.4 Å². The van der Waals surface area contributed by atoms with E-state index < -0.39 is 0 Å². The van der Waals surface area contributed by atoms with Gasteiger partial charge in [-0.2, -0.15) is 0 Å². The molecule has 0 saturated carbocycles. The second-order valence-corrected chi connectivity index (χ2v) is 6.66. The van der Waals surface area contributed by atoms with E-state index in [-0.39, 0.29) is 23.8 Å². The highest BCUT2D eigenvalue weighted by molar-refractivity contribution is 6.05. The molecule has 2 aromatic carbocycles. The van der Waals surface area contributed by atoms with E-state index >= 15 is 0 Å². The summed E-state index contributed by atoms with van der Waals surface area (Å²) in [6.07, 6.45) is 3.44. The lowest BCUT2D eigenvalue weighted by molar-refractivity contribution is 0.0985. The molecule has 0 bridgehead atoms. The fourth-order valence-corrected chi connectivity index (χ4v) is 3.00. The summed E-state index contributed by atoms with van der Waals surface area (Å²) in [5, 5.41) is 0. The summed E-state index contributed by atoms with van der Waals surface area (Å²) in [5.74, 6) is -0.470. The summed E-state index contributed by atoms with van der Waals surface area (Å²) in [4.78, 5) is 27.2. The van der Waals surface area contributed by atoms with Crippen LogP contribution in [0.5, 0.6) is 0 Å². The molecule has 0 fully saturated rings. The molecule has 0 aliphatic rings. The molecule has 3 aromatic rings. The van der Waals surface area contributed by atoms with E-state index in [4.69, 9.17) is 0 Å². The Kier molecular flexibility index (Phi) is 6.37. The molecule has 0 saturated heterocycles. The standard InChI is InChI=1S/C23H23FN2O2/c1-2-3-15-26(21-7-5-4-6-8-21)23(28)19-11-14-22(27)25(17-19)16-18-9-12-20(24)13-10-18/h4-14,17H,2-3,15-16H2,1H3. The Labute approximate surface area is 163 Å². The molecular formula is C23H23FN2O2. The largest absolute Gasteiger partial charge is 0.310 e. The lowest BCUT2D eigenvalue weighted by atomic mass is 10.1. The van der Waals surface area contributed by atoms with Crippen LogP contribution in [0.15, 0.2) is 77.7 Å². The number of benzene rings is 2. The van der Waals surface area contributed by atoms with Crippen LogP contribution in [0, 0.1) is 5.82 Å². The third-order valence-electron chi connectivity index (χ3n) is 4.54. The van der Waals surface area contributed by atoms with Crippen molar-refractivity contribution < 1.29 is 9.18 Å². The van der Waals surface area contributed by atoms with E-state index in [1.54, 1.807) is 29.3 Å². The van der Waals surface area contributed by atoms with Gasteiger partial charge in [0.25, 0.3) is 11.5 Å². The first kappa shape index (κ1) is 19.5. The van der Waals surface area contributed by atoms with Gasteiger partial charge in [-0.05, 0) is 42.3 Å². The van der Waals surface area contributed by atoms with Gasteiger partial charge >= 0.3 is 0 Å². The monoisotopic (exact) mass is 378 g/mol. The number of halogens is 1. The minimum Gasteiger partial charge on any atom is -0.310 e. The zero-order valence-corrected chi connectivity index (χ0v) is 15.8. The van der Waals surface area contributed by atoms with Crippen molar-refractivity contribution in [3.63, 3.8) is 0 Å². The molecule has 0 atom stereocenters. The van der Waals surface area contributed by atoms with E-state index in [1.165, 1.54) is 22.8 Å². The maximum Gasteiger partial charge on any atom is 0.259 e. The molecular weight excluding hydrogens is 355 g/mol. The van der Waals surface area contributed by atoms with E-state index in [9.17, 15) is 14.0 Å². The molecule has 0 N–H and O–H groups in total. The number of carbonyl (C=O) groups excluding carboxylic acids is 1. The van der Waals surface area contributed by atoms with Crippen LogP contribution in [-0.4, -0.2) is 17.0 Å². The fraction of sp³-hybridized carbons (Fsp3) is 0.217. The van der Waals surface area contributed by atoms with Gasteiger partial charge in [0.1, 0.15) is 5.82 Å². The van der Waals surface area contributed by atoms with Crippen LogP contribution in [-0.2, 0) is 6.54 Å². The highest BCUT2D eigenvalue weighted by atomic mass is 19.1. The zero-order valence-electron chi connectivity index (χ0n) is 15.8. The summed E-state index contributed by atoms with van der Waals surface area (Å²) in [5.41, 5.74) is 1.86. The van der Waals surface area contributed by atoms with Crippen LogP contribution in [0.2, 0.25) is 0 Å². The lowest BCUT2D eigenvalue weighted by Gasteiger charge is -2.23. The summed E-state index contributed by atoms with van der Waals surface area (Å²) < 4.78 is 14.6. The van der Waals surface area contributed by atoms with E-state index in [1.807, 2.05) is 30.3 Å². The molecule has 3 rings (SSSR count). The second-order valence-electron chi connectivity index (χ2n) is 6.66. The molecule has 28 heavy (non-hydrogen) atoms. The minimum atomic E-state index is -0.325. The Morgan fingerprint density at radius 2 is 1.71 bits per heavy atom. The number of pyridine rings is 1. The fourth-order valence-electron chi connectivity index (χ4n) is 3.00. The van der Waals surface area contributed by atoms with Crippen LogP contribution in [0.4, 0.5) is 10.1 Å². The highest BCUT2D eigenvalue weighted by Gasteiger charge is 2.18. The van der Waals surface area contributed by atoms with Gasteiger partial charge in [-0.25, -0.2) is 4.39 Å². The maximum atomic E-state index is 13.2. The SMILES string of the molecule is CCCCN(C(=O)c1ccc(=O)n(Cc2ccc(F)cc2)c1)c1ccccc1. The van der Waals surface area contributed by atoms with Gasteiger partial charge in [0, 0.05) is 24.5 Å². The van der Waals surface area contributed by atoms with Crippen LogP contribution >= 0.6 is 0 Å². The van der Waals surface area contributed by atoms with Gasteiger partial charge in [-0.3, -0.25) is 9.59 Å². The van der Waals surface area contributed by atoms with Gasteiger partial charge in [-0.15, -0.1) is 0 Å². The zero-order chi connectivity index (χ0) is 19.9. The first-order valence-corrected chi connectivity index (χ1v) is 9.40. The first-order valence-electron chi connectivity index (χ1n) is 9.40. The summed E-state index contributed by atoms with van der Waals surface area (Å²) in [7, 11) is 0. The minimum absolute atomic E-state index is 0.146. The maximum absolute atomic E-state index is 13.2. The predicted octanol–water partition coefficient (Wildman–Crippen LogP) is 4.48. The van der Waals surface area contributed by atoms with Gasteiger partial charge in [0.05, 0.1) is 12.1 Å². The van der Waals surface area contributed by atoms with E-state index in [0.29, 0.717) is 12.1 Å². The molecule has 0 radical (unpaired) electrons. The number of hydrogen-bond donors (Lipinski definition) is 0. The lowest BCUT2D eigenvalue weighted by Crippen LogP contribution is -2.33. The number of rotatable bonds is 7. The molecule has 1 aromatic heterocycles. The van der Waals surface area contributed by atoms with Crippen molar-refractivity contribution in [1.82, 2.24) is 4.57 Å². The Balaban J connectivity index is 1.89. The number of amides is 1. The Hall–Kier alpha value is -3.21. The second kappa shape index (κ2) is 9.13. The Bertz CT molecular complexity index is 981. The van der Waals surface area contributed by atoms with Crippen molar-refractivity contribution in [2.24, 2.45) is 0 Å². The predicted molar refractivity (Wildman–Crippen MR) is 109 cm³/mol. The van der Waals surface area contributed by atoms with E-state index in [2.05, 4.69) is 6.92 Å². The smallest absolute Gasteiger partial charge is 0.259 e. The van der Waals surface area contributed by atoms with Gasteiger partial charge < -0.3 is 9.47 Å². The van der Waals surface area contributed by atoms with Crippen molar-refractivity contribution in [2.45, 2.75) is 26.3 Å². The summed E-state index contributed by atoms with van der Waals surface area (Å²) >= 11 is 0. The van der Waals surface area contributed by atoms with Crippen molar-refractivity contribution in [3.8, 4) is 0 Å². The summed E-state index contributed by atoms with van der Waals surface area (Å²) in [6, 6.07) is 18.5. The number of unbranched alkanes of at least 4 members (excludes halogenated alkanes) is 1. The molecule has 4 nitrogen and oxygen atoms in total. The molecule has 0 aliphatic heterocycles. The van der Waals surface area contributed by atoms with Gasteiger partial charge in [0.2, 0.25) is 0 Å². The average molecular weight is 378 g/mol. The molecule has 0 aliphatic carbocycles. The molecule has 1 amide bonds. The number of nitrogens with zero attached hydrogens (tertiary/aromatic N) is 2. The van der Waals surface area contributed by atoms with Crippen molar-refractivity contribution >= 4 is 11.6 Å². The van der Waals surface area contributed by atoms with Crippen molar-refractivity contribution in [1.29, 1.82) is 0 Å². The van der Waals surface area contributed by atoms with Crippen molar-refractivity contribution in [3.05, 3.63) is 100 Å². The van der Waals surface area contributed by atoms with Gasteiger partial charge in [-0.1, -0.05) is 43.7 Å². The number of aromatic nitrogens is 1. The first-order chi connectivity index (χ1) is 13.6. The molecule has 144 valence electrons. The molecule has 1 heterocycles. The molecule has 0 unspecified atom stereocenters. The van der Waals surface area contributed by atoms with Crippen LogP contribution in [0.1, 0.15) is 35.7 Å². The van der Waals surface area contributed by atoms with Gasteiger partial charge in [0.15, 0.2) is 0 Å². The number of para-hydroxylation sites is 1.